The predicted octanol–water partition coefficient (Wildman–Crippen LogP) is 2.33. The zero-order valence-electron chi connectivity index (χ0n) is 9.55. The van der Waals surface area contributed by atoms with Gasteiger partial charge in [0.2, 0.25) is 0 Å². The van der Waals surface area contributed by atoms with Crippen LogP contribution in [-0.4, -0.2) is 18.4 Å². The number of Topliss-reactive ketones (excluding diaryl/α,β-unsaturated/α-hetero) is 1. The van der Waals surface area contributed by atoms with E-state index in [1.807, 2.05) is 20.8 Å². The highest BCUT2D eigenvalue weighted by atomic mass is 16.5. The highest BCUT2D eigenvalue weighted by molar-refractivity contribution is 5.84. The van der Waals surface area contributed by atoms with Gasteiger partial charge in [-0.05, 0) is 13.3 Å². The zero-order chi connectivity index (χ0) is 11.2. The molecule has 0 amide bonds. The molecule has 82 valence electrons. The van der Waals surface area contributed by atoms with Crippen molar-refractivity contribution < 1.29 is 14.3 Å². The smallest absolute Gasteiger partial charge is 0.305 e. The van der Waals surface area contributed by atoms with Crippen molar-refractivity contribution in [3.8, 4) is 0 Å². The number of hydrogen-bond acceptors (Lipinski definition) is 3. The minimum absolute atomic E-state index is 0.196. The van der Waals surface area contributed by atoms with Crippen LogP contribution in [0.1, 0.15) is 47.0 Å². The molecule has 0 fully saturated rings. The molecule has 3 nitrogen and oxygen atoms in total. The van der Waals surface area contributed by atoms with E-state index in [0.29, 0.717) is 25.9 Å². The molecule has 0 aromatic rings. The molecule has 3 heteroatoms. The van der Waals surface area contributed by atoms with E-state index in [9.17, 15) is 9.59 Å². The van der Waals surface area contributed by atoms with Crippen LogP contribution in [0.5, 0.6) is 0 Å². The highest BCUT2D eigenvalue weighted by Gasteiger charge is 2.26. The van der Waals surface area contributed by atoms with E-state index in [2.05, 4.69) is 0 Å². The van der Waals surface area contributed by atoms with Gasteiger partial charge in [-0.25, -0.2) is 0 Å². The van der Waals surface area contributed by atoms with E-state index in [4.69, 9.17) is 4.74 Å². The van der Waals surface area contributed by atoms with Crippen LogP contribution in [-0.2, 0) is 14.3 Å². The zero-order valence-corrected chi connectivity index (χ0v) is 9.55. The third-order valence-electron chi connectivity index (χ3n) is 2.34. The number of rotatable bonds is 6. The lowest BCUT2D eigenvalue weighted by Crippen LogP contribution is -2.24. The van der Waals surface area contributed by atoms with Gasteiger partial charge in [0.25, 0.3) is 0 Å². The Morgan fingerprint density at radius 2 is 1.79 bits per heavy atom. The lowest BCUT2D eigenvalue weighted by atomic mass is 9.82. The summed E-state index contributed by atoms with van der Waals surface area (Å²) in [5.41, 5.74) is -0.401. The molecule has 0 spiro atoms. The monoisotopic (exact) mass is 200 g/mol. The van der Waals surface area contributed by atoms with Crippen LogP contribution in [0.3, 0.4) is 0 Å². The van der Waals surface area contributed by atoms with Crippen LogP contribution in [0.25, 0.3) is 0 Å². The summed E-state index contributed by atoms with van der Waals surface area (Å²) in [6.07, 6.45) is 1.42. The van der Waals surface area contributed by atoms with Crippen molar-refractivity contribution in [2.24, 2.45) is 5.41 Å². The summed E-state index contributed by atoms with van der Waals surface area (Å²) in [5.74, 6) is -0.0220. The van der Waals surface area contributed by atoms with Crippen molar-refractivity contribution in [2.75, 3.05) is 6.61 Å². The van der Waals surface area contributed by atoms with Gasteiger partial charge >= 0.3 is 5.97 Å². The Balaban J connectivity index is 3.98. The van der Waals surface area contributed by atoms with Crippen molar-refractivity contribution in [3.63, 3.8) is 0 Å². The Bertz CT molecular complexity index is 207. The number of hydrogen-bond donors (Lipinski definition) is 0. The molecule has 0 aliphatic rings. The van der Waals surface area contributed by atoms with E-state index < -0.39 is 5.41 Å². The summed E-state index contributed by atoms with van der Waals surface area (Å²) in [4.78, 5) is 22.5. The van der Waals surface area contributed by atoms with Gasteiger partial charge in [-0.3, -0.25) is 9.59 Å². The molecule has 0 radical (unpaired) electrons. The van der Waals surface area contributed by atoms with Gasteiger partial charge in [-0.2, -0.15) is 0 Å². The fraction of sp³-hybridized carbons (Fsp3) is 0.818. The maximum atomic E-state index is 11.5. The molecule has 0 atom stereocenters. The lowest BCUT2D eigenvalue weighted by molar-refractivity contribution is -0.144. The molecule has 0 saturated carbocycles. The van der Waals surface area contributed by atoms with E-state index in [0.717, 1.165) is 0 Å². The highest BCUT2D eigenvalue weighted by Crippen LogP contribution is 2.25. The number of esters is 1. The van der Waals surface area contributed by atoms with Crippen LogP contribution >= 0.6 is 0 Å². The number of carbonyl (C=O) groups excluding carboxylic acids is 2. The molecular formula is C11H20O3. The Labute approximate surface area is 85.8 Å². The van der Waals surface area contributed by atoms with Gasteiger partial charge in [0, 0.05) is 18.3 Å². The predicted molar refractivity (Wildman–Crippen MR) is 54.9 cm³/mol. The van der Waals surface area contributed by atoms with Crippen molar-refractivity contribution >= 4 is 11.8 Å². The molecule has 0 heterocycles. The summed E-state index contributed by atoms with van der Waals surface area (Å²) in [5, 5.41) is 0. The largest absolute Gasteiger partial charge is 0.466 e. The maximum absolute atomic E-state index is 11.5. The van der Waals surface area contributed by atoms with E-state index >= 15 is 0 Å². The SMILES string of the molecule is CCOC(=O)CCC(C)(C)C(=O)CC. The third-order valence-corrected chi connectivity index (χ3v) is 2.34. The van der Waals surface area contributed by atoms with E-state index in [-0.39, 0.29) is 11.8 Å². The molecule has 0 saturated heterocycles. The van der Waals surface area contributed by atoms with Crippen molar-refractivity contribution in [1.29, 1.82) is 0 Å². The van der Waals surface area contributed by atoms with E-state index in [1.165, 1.54) is 0 Å². The van der Waals surface area contributed by atoms with Crippen LogP contribution in [0, 0.1) is 5.41 Å². The van der Waals surface area contributed by atoms with Crippen LogP contribution in [0.15, 0.2) is 0 Å². The second kappa shape index (κ2) is 5.78. The second-order valence-electron chi connectivity index (χ2n) is 3.97. The first-order valence-corrected chi connectivity index (χ1v) is 5.13. The molecule has 0 N–H and O–H groups in total. The number of carbonyl (C=O) groups is 2. The van der Waals surface area contributed by atoms with E-state index in [1.54, 1.807) is 6.92 Å². The normalized spacial score (nSPS) is 11.1. The third kappa shape index (κ3) is 4.40. The summed E-state index contributed by atoms with van der Waals surface area (Å²) < 4.78 is 4.80. The van der Waals surface area contributed by atoms with Crippen molar-refractivity contribution in [2.45, 2.75) is 47.0 Å². The first kappa shape index (κ1) is 13.1. The summed E-state index contributed by atoms with van der Waals surface area (Å²) >= 11 is 0. The topological polar surface area (TPSA) is 43.4 Å². The standard InChI is InChI=1S/C11H20O3/c1-5-9(12)11(3,4)8-7-10(13)14-6-2/h5-8H2,1-4H3. The van der Waals surface area contributed by atoms with Gasteiger partial charge in [0.1, 0.15) is 5.78 Å². The fourth-order valence-corrected chi connectivity index (χ4v) is 1.27. The Morgan fingerprint density at radius 1 is 1.21 bits per heavy atom. The molecule has 0 bridgehead atoms. The summed E-state index contributed by atoms with van der Waals surface area (Å²) in [6.45, 7) is 7.77. The molecular weight excluding hydrogens is 180 g/mol. The second-order valence-corrected chi connectivity index (χ2v) is 3.97. The average molecular weight is 200 g/mol. The van der Waals surface area contributed by atoms with Crippen molar-refractivity contribution in [3.05, 3.63) is 0 Å². The minimum Gasteiger partial charge on any atom is -0.466 e. The molecule has 0 rings (SSSR count). The van der Waals surface area contributed by atoms with Crippen molar-refractivity contribution in [1.82, 2.24) is 0 Å². The quantitative estimate of drug-likeness (QED) is 0.618. The first-order chi connectivity index (χ1) is 6.44. The number of ether oxygens (including phenoxy) is 1. The van der Waals surface area contributed by atoms with Gasteiger partial charge in [-0.15, -0.1) is 0 Å². The fourth-order valence-electron chi connectivity index (χ4n) is 1.27. The average Bonchev–Trinajstić information content (AvgIpc) is 2.14. The van der Waals surface area contributed by atoms with Crippen LogP contribution in [0.4, 0.5) is 0 Å². The Morgan fingerprint density at radius 3 is 2.21 bits per heavy atom. The lowest BCUT2D eigenvalue weighted by Gasteiger charge is -2.21. The van der Waals surface area contributed by atoms with Gasteiger partial charge in [0.15, 0.2) is 0 Å². The molecule has 0 aromatic heterocycles. The minimum atomic E-state index is -0.401. The number of ketones is 1. The molecule has 0 aliphatic carbocycles. The summed E-state index contributed by atoms with van der Waals surface area (Å²) in [6, 6.07) is 0. The van der Waals surface area contributed by atoms with Gasteiger partial charge in [-0.1, -0.05) is 20.8 Å². The molecule has 14 heavy (non-hydrogen) atoms. The van der Waals surface area contributed by atoms with Crippen LogP contribution in [0.2, 0.25) is 0 Å². The van der Waals surface area contributed by atoms with Gasteiger partial charge < -0.3 is 4.74 Å². The molecule has 0 aromatic carbocycles. The molecule has 0 aliphatic heterocycles. The maximum Gasteiger partial charge on any atom is 0.305 e. The summed E-state index contributed by atoms with van der Waals surface area (Å²) in [7, 11) is 0. The Hall–Kier alpha value is -0.860. The molecule has 0 unspecified atom stereocenters. The first-order valence-electron chi connectivity index (χ1n) is 5.13. The Kier molecular flexibility index (Phi) is 5.43. The van der Waals surface area contributed by atoms with Gasteiger partial charge in [0.05, 0.1) is 6.61 Å². The van der Waals surface area contributed by atoms with Crippen LogP contribution < -0.4 is 0 Å².